The summed E-state index contributed by atoms with van der Waals surface area (Å²) in [7, 11) is 0. The van der Waals surface area contributed by atoms with E-state index in [4.69, 9.17) is 21.7 Å². The molecule has 3 aliphatic heterocycles. The number of amides is 1. The number of hydrogen-bond acceptors (Lipinski definition) is 7. The van der Waals surface area contributed by atoms with E-state index in [1.807, 2.05) is 0 Å². The van der Waals surface area contributed by atoms with Gasteiger partial charge in [0.1, 0.15) is 16.4 Å². The maximum atomic E-state index is 13.1. The summed E-state index contributed by atoms with van der Waals surface area (Å²) in [5.41, 5.74) is 3.68. The molecule has 5 rings (SSSR count). The second-order valence-corrected chi connectivity index (χ2v) is 12.1. The molecular formula is C25H26N2O5S2. The Balaban J connectivity index is 1.69. The number of nitrogens with zero attached hydrogens (tertiary/aromatic N) is 2. The number of carboxylic acid groups (broad SMARTS) is 1. The first-order chi connectivity index (χ1) is 15.9. The van der Waals surface area contributed by atoms with Crippen molar-refractivity contribution >= 4 is 62.9 Å². The van der Waals surface area contributed by atoms with Gasteiger partial charge in [0.05, 0.1) is 10.5 Å². The van der Waals surface area contributed by atoms with E-state index in [0.29, 0.717) is 5.58 Å². The van der Waals surface area contributed by atoms with Crippen molar-refractivity contribution in [3.05, 3.63) is 44.1 Å². The predicted octanol–water partition coefficient (Wildman–Crippen LogP) is 4.25. The van der Waals surface area contributed by atoms with Gasteiger partial charge in [0.15, 0.2) is 0 Å². The largest absolute Gasteiger partial charge is 0.480 e. The summed E-state index contributed by atoms with van der Waals surface area (Å²) in [4.78, 5) is 40.5. The van der Waals surface area contributed by atoms with Crippen molar-refractivity contribution in [2.24, 2.45) is 0 Å². The molecule has 9 heteroatoms. The van der Waals surface area contributed by atoms with E-state index >= 15 is 0 Å². The van der Waals surface area contributed by atoms with Gasteiger partial charge < -0.3 is 14.4 Å². The van der Waals surface area contributed by atoms with Crippen LogP contribution in [0.3, 0.4) is 0 Å². The van der Waals surface area contributed by atoms with E-state index in [1.54, 1.807) is 6.07 Å². The van der Waals surface area contributed by atoms with Crippen molar-refractivity contribution < 1.29 is 19.1 Å². The van der Waals surface area contributed by atoms with Crippen LogP contribution in [-0.2, 0) is 20.4 Å². The summed E-state index contributed by atoms with van der Waals surface area (Å²) in [6, 6.07) is 3.90. The molecule has 0 radical (unpaired) electrons. The fourth-order valence-electron chi connectivity index (χ4n) is 5.18. The third kappa shape index (κ3) is 3.56. The topological polar surface area (TPSA) is 91.1 Å². The van der Waals surface area contributed by atoms with Gasteiger partial charge in [-0.05, 0) is 47.4 Å². The summed E-state index contributed by atoms with van der Waals surface area (Å²) >= 11 is 6.15. The molecule has 1 saturated heterocycles. The summed E-state index contributed by atoms with van der Waals surface area (Å²) in [6.45, 7) is 10.3. The average molecular weight is 499 g/mol. The molecule has 1 fully saturated rings. The van der Waals surface area contributed by atoms with Crippen LogP contribution >= 0.6 is 24.0 Å². The summed E-state index contributed by atoms with van der Waals surface area (Å²) < 4.78 is 6.10. The molecule has 0 spiro atoms. The smallest absolute Gasteiger partial charge is 0.343 e. The number of fused-ring (bicyclic) bond motifs is 2. The zero-order valence-electron chi connectivity index (χ0n) is 19.6. The monoisotopic (exact) mass is 498 g/mol. The van der Waals surface area contributed by atoms with E-state index < -0.39 is 24.0 Å². The van der Waals surface area contributed by atoms with Crippen LogP contribution in [0.1, 0.15) is 57.2 Å². The second kappa shape index (κ2) is 7.68. The molecule has 0 aliphatic carbocycles. The van der Waals surface area contributed by atoms with Gasteiger partial charge in [0, 0.05) is 29.7 Å². The Hall–Kier alpha value is -2.65. The van der Waals surface area contributed by atoms with E-state index in [1.165, 1.54) is 17.3 Å². The van der Waals surface area contributed by atoms with Crippen molar-refractivity contribution in [2.45, 2.75) is 51.4 Å². The quantitative estimate of drug-likeness (QED) is 0.382. The maximum absolute atomic E-state index is 13.1. The fourth-order valence-corrected chi connectivity index (χ4v) is 6.43. The third-order valence-corrected chi connectivity index (χ3v) is 8.59. The molecule has 1 N–H and O–H groups in total. The molecule has 0 saturated carbocycles. The third-order valence-electron chi connectivity index (χ3n) is 7.21. The molecule has 178 valence electrons. The van der Waals surface area contributed by atoms with Gasteiger partial charge in [0.25, 0.3) is 5.91 Å². The normalized spacial score (nSPS) is 21.9. The first-order valence-electron chi connectivity index (χ1n) is 11.3. The number of benzene rings is 1. The molecular weight excluding hydrogens is 472 g/mol. The molecule has 4 heterocycles. The SMILES string of the molecule is CC1(C)CCN2CCC(C)(C)c3c2c1cc1cc(/C=C2\SC(=S)N(CC(=O)O)C2=O)c(=O)oc31. The number of carbonyl (C=O) groups is 2. The number of hydrogen-bond donors (Lipinski definition) is 1. The minimum atomic E-state index is -1.15. The van der Waals surface area contributed by atoms with Gasteiger partial charge in [-0.25, -0.2) is 4.79 Å². The number of carboxylic acids is 1. The average Bonchev–Trinajstić information content (AvgIpc) is 2.99. The summed E-state index contributed by atoms with van der Waals surface area (Å²) in [5.74, 6) is -1.67. The number of anilines is 1. The van der Waals surface area contributed by atoms with Gasteiger partial charge in [-0.1, -0.05) is 51.7 Å². The van der Waals surface area contributed by atoms with Crippen LogP contribution in [0.25, 0.3) is 17.0 Å². The minimum absolute atomic E-state index is 0.0161. The molecule has 0 bridgehead atoms. The van der Waals surface area contributed by atoms with Gasteiger partial charge in [-0.2, -0.15) is 0 Å². The zero-order valence-corrected chi connectivity index (χ0v) is 21.2. The van der Waals surface area contributed by atoms with Gasteiger partial charge in [-0.15, -0.1) is 0 Å². The Morgan fingerprint density at radius 2 is 1.85 bits per heavy atom. The Labute approximate surface area is 206 Å². The van der Waals surface area contributed by atoms with Crippen LogP contribution in [0.4, 0.5) is 5.69 Å². The zero-order chi connectivity index (χ0) is 24.6. The highest BCUT2D eigenvalue weighted by atomic mass is 32.2. The molecule has 34 heavy (non-hydrogen) atoms. The van der Waals surface area contributed by atoms with Crippen molar-refractivity contribution in [2.75, 3.05) is 24.5 Å². The highest BCUT2D eigenvalue weighted by Crippen LogP contribution is 2.51. The number of carbonyl (C=O) groups excluding carboxylic acids is 1. The first kappa shape index (κ1) is 23.1. The Kier molecular flexibility index (Phi) is 5.22. The summed E-state index contributed by atoms with van der Waals surface area (Å²) in [5, 5.41) is 9.88. The highest BCUT2D eigenvalue weighted by molar-refractivity contribution is 8.26. The van der Waals surface area contributed by atoms with Crippen molar-refractivity contribution in [3.8, 4) is 0 Å². The lowest BCUT2D eigenvalue weighted by molar-refractivity contribution is -0.140. The van der Waals surface area contributed by atoms with Crippen LogP contribution in [0.2, 0.25) is 0 Å². The summed E-state index contributed by atoms with van der Waals surface area (Å²) in [6.07, 6.45) is 3.47. The number of aliphatic carboxylic acids is 1. The van der Waals surface area contributed by atoms with Gasteiger partial charge in [-0.3, -0.25) is 14.5 Å². The van der Waals surface area contributed by atoms with Crippen molar-refractivity contribution in [1.29, 1.82) is 0 Å². The van der Waals surface area contributed by atoms with Gasteiger partial charge in [0.2, 0.25) is 0 Å². The Morgan fingerprint density at radius 1 is 1.18 bits per heavy atom. The van der Waals surface area contributed by atoms with Crippen molar-refractivity contribution in [1.82, 2.24) is 4.90 Å². The Morgan fingerprint density at radius 3 is 2.53 bits per heavy atom. The molecule has 7 nitrogen and oxygen atoms in total. The van der Waals surface area contributed by atoms with Crippen LogP contribution in [0.15, 0.2) is 26.2 Å². The maximum Gasteiger partial charge on any atom is 0.343 e. The highest BCUT2D eigenvalue weighted by Gasteiger charge is 2.42. The standard InChI is InChI=1S/C25H26N2O5S2/c1-24(2)5-7-26-8-6-25(3,4)18-19(26)15(24)10-13-9-14(22(31)32-20(13)18)11-16-21(30)27(12-17(28)29)23(33)34-16/h9-11H,5-8,12H2,1-4H3,(H,28,29)/b16-11-. The fraction of sp³-hybridized carbons (Fsp3) is 0.440. The second-order valence-electron chi connectivity index (χ2n) is 10.5. The number of thioether (sulfide) groups is 1. The molecule has 1 amide bonds. The number of thiocarbonyl (C=S) groups is 1. The number of rotatable bonds is 3. The molecule has 3 aliphatic rings. The molecule has 1 aromatic heterocycles. The lowest BCUT2D eigenvalue weighted by Gasteiger charge is -2.48. The first-order valence-corrected chi connectivity index (χ1v) is 12.5. The molecule has 1 aromatic carbocycles. The van der Waals surface area contributed by atoms with E-state index in [0.717, 1.165) is 53.5 Å². The van der Waals surface area contributed by atoms with E-state index in [9.17, 15) is 14.4 Å². The molecule has 0 atom stereocenters. The lowest BCUT2D eigenvalue weighted by atomic mass is 9.69. The predicted molar refractivity (Wildman–Crippen MR) is 137 cm³/mol. The van der Waals surface area contributed by atoms with Crippen LogP contribution in [0, 0.1) is 0 Å². The van der Waals surface area contributed by atoms with Gasteiger partial charge >= 0.3 is 11.6 Å². The van der Waals surface area contributed by atoms with E-state index in [-0.39, 0.29) is 25.6 Å². The van der Waals surface area contributed by atoms with Crippen LogP contribution < -0.4 is 10.5 Å². The Bertz CT molecular complexity index is 1370. The van der Waals surface area contributed by atoms with Crippen molar-refractivity contribution in [3.63, 3.8) is 0 Å². The van der Waals surface area contributed by atoms with Crippen LogP contribution in [-0.4, -0.2) is 45.8 Å². The van der Waals surface area contributed by atoms with E-state index in [2.05, 4.69) is 38.7 Å². The minimum Gasteiger partial charge on any atom is -0.480 e. The lowest BCUT2D eigenvalue weighted by Crippen LogP contribution is -2.44. The van der Waals surface area contributed by atoms with Crippen LogP contribution in [0.5, 0.6) is 0 Å². The molecule has 2 aromatic rings. The molecule has 0 unspecified atom stereocenters.